The smallest absolute Gasteiger partial charge is 0.430 e. The average Bonchev–Trinajstić information content (AvgIpc) is 3.02. The number of amides is 2. The second-order valence-electron chi connectivity index (χ2n) is 5.33. The molecule has 28 heavy (non-hydrogen) atoms. The van der Waals surface area contributed by atoms with Crippen LogP contribution in [0, 0.1) is 10.7 Å². The van der Waals surface area contributed by atoms with E-state index in [0.29, 0.717) is 10.7 Å². The molecule has 1 aliphatic heterocycles. The van der Waals surface area contributed by atoms with Crippen LogP contribution in [-0.2, 0) is 19.0 Å². The molecule has 0 spiro atoms. The Morgan fingerprint density at radius 3 is 2.36 bits per heavy atom. The Kier molecular flexibility index (Phi) is 8.96. The van der Waals surface area contributed by atoms with Gasteiger partial charge < -0.3 is 24.8 Å². The van der Waals surface area contributed by atoms with Crippen molar-refractivity contribution in [3.05, 3.63) is 21.8 Å². The summed E-state index contributed by atoms with van der Waals surface area (Å²) in [7, 11) is 1.37. The molecule has 0 bridgehead atoms. The Bertz CT molecular complexity index is 850. The number of nitrogens with one attached hydrogen (secondary N) is 2. The standard InChI is InChI=1S/C15H12ClI3N2O7/c1-26-4-6(22)21-12-10(18)7(13(16)23)9(17)8(11(12)19)14(24)20-2-5-3-27-15(25)28-5/h5H,2-4H2,1H3,(H,20,24)(H,21,22). The number of ether oxygens (including phenoxy) is 3. The fourth-order valence-electron chi connectivity index (χ4n) is 2.21. The van der Waals surface area contributed by atoms with Crippen LogP contribution in [0.2, 0.25) is 0 Å². The molecule has 2 amide bonds. The number of methoxy groups -OCH3 is 1. The van der Waals surface area contributed by atoms with Crippen molar-refractivity contribution in [3.8, 4) is 0 Å². The highest BCUT2D eigenvalue weighted by Gasteiger charge is 2.30. The van der Waals surface area contributed by atoms with Gasteiger partial charge in [0.15, 0.2) is 6.10 Å². The molecule has 1 unspecified atom stereocenters. The van der Waals surface area contributed by atoms with Crippen molar-refractivity contribution in [3.63, 3.8) is 0 Å². The highest BCUT2D eigenvalue weighted by Crippen LogP contribution is 2.36. The van der Waals surface area contributed by atoms with Gasteiger partial charge in [-0.25, -0.2) is 4.79 Å². The van der Waals surface area contributed by atoms with E-state index in [4.69, 9.17) is 21.1 Å². The second-order valence-corrected chi connectivity index (χ2v) is 8.91. The van der Waals surface area contributed by atoms with Crippen LogP contribution >= 0.6 is 79.4 Å². The summed E-state index contributed by atoms with van der Waals surface area (Å²) in [6, 6.07) is 0. The van der Waals surface area contributed by atoms with E-state index in [0.717, 1.165) is 0 Å². The van der Waals surface area contributed by atoms with E-state index in [1.807, 2.05) is 67.8 Å². The minimum atomic E-state index is -0.796. The first-order valence-corrected chi connectivity index (χ1v) is 11.1. The molecule has 0 saturated carbocycles. The first kappa shape index (κ1) is 23.8. The van der Waals surface area contributed by atoms with Gasteiger partial charge in [-0.1, -0.05) is 0 Å². The fraction of sp³-hybridized carbons (Fsp3) is 0.333. The molecule has 1 fully saturated rings. The molecule has 1 atom stereocenters. The SMILES string of the molecule is COCC(=O)Nc1c(I)c(C(=O)Cl)c(I)c(C(=O)NCC2COC(=O)O2)c1I. The summed E-state index contributed by atoms with van der Waals surface area (Å²) in [4.78, 5) is 47.7. The molecule has 0 aromatic heterocycles. The third-order valence-corrected chi connectivity index (χ3v) is 6.85. The number of rotatable bonds is 7. The lowest BCUT2D eigenvalue weighted by molar-refractivity contribution is -0.119. The Morgan fingerprint density at radius 2 is 1.82 bits per heavy atom. The number of hydrogen-bond acceptors (Lipinski definition) is 7. The van der Waals surface area contributed by atoms with Crippen LogP contribution in [0.4, 0.5) is 10.5 Å². The summed E-state index contributed by atoms with van der Waals surface area (Å²) in [5.41, 5.74) is 0.564. The molecule has 2 rings (SSSR count). The first-order chi connectivity index (χ1) is 13.2. The van der Waals surface area contributed by atoms with E-state index in [1.54, 1.807) is 0 Å². The summed E-state index contributed by atoms with van der Waals surface area (Å²) >= 11 is 11.4. The monoisotopic (exact) mass is 748 g/mol. The van der Waals surface area contributed by atoms with Crippen LogP contribution in [0.15, 0.2) is 0 Å². The van der Waals surface area contributed by atoms with Crippen LogP contribution < -0.4 is 10.6 Å². The quantitative estimate of drug-likeness (QED) is 0.250. The summed E-state index contributed by atoms with van der Waals surface area (Å²) < 4.78 is 15.5. The first-order valence-electron chi connectivity index (χ1n) is 7.48. The minimum absolute atomic E-state index is 0.0260. The average molecular weight is 748 g/mol. The summed E-state index contributed by atoms with van der Waals surface area (Å²) in [6.45, 7) is -0.140. The van der Waals surface area contributed by atoms with E-state index >= 15 is 0 Å². The number of hydrogen-bond donors (Lipinski definition) is 2. The van der Waals surface area contributed by atoms with E-state index < -0.39 is 29.3 Å². The molecule has 9 nitrogen and oxygen atoms in total. The maximum atomic E-state index is 12.8. The molecule has 0 radical (unpaired) electrons. The summed E-state index contributed by atoms with van der Waals surface area (Å²) in [6.07, 6.45) is -1.40. The lowest BCUT2D eigenvalue weighted by Gasteiger charge is -2.18. The zero-order valence-corrected chi connectivity index (χ0v) is 21.3. The van der Waals surface area contributed by atoms with Crippen molar-refractivity contribution in [1.82, 2.24) is 5.32 Å². The molecular formula is C15H12ClI3N2O7. The molecule has 152 valence electrons. The molecule has 2 N–H and O–H groups in total. The van der Waals surface area contributed by atoms with Crippen LogP contribution in [0.1, 0.15) is 20.7 Å². The van der Waals surface area contributed by atoms with Gasteiger partial charge in [-0.2, -0.15) is 0 Å². The van der Waals surface area contributed by atoms with Gasteiger partial charge >= 0.3 is 6.16 Å². The lowest BCUT2D eigenvalue weighted by Crippen LogP contribution is -2.35. The zero-order chi connectivity index (χ0) is 21.0. The van der Waals surface area contributed by atoms with E-state index in [2.05, 4.69) is 15.4 Å². The van der Waals surface area contributed by atoms with Gasteiger partial charge in [0.1, 0.15) is 13.2 Å². The number of halogens is 4. The van der Waals surface area contributed by atoms with Crippen LogP contribution in [-0.4, -0.2) is 56.2 Å². The zero-order valence-electron chi connectivity index (χ0n) is 14.1. The van der Waals surface area contributed by atoms with Gasteiger partial charge in [0.25, 0.3) is 11.1 Å². The van der Waals surface area contributed by atoms with E-state index in [1.165, 1.54) is 7.11 Å². The fourth-order valence-corrected chi connectivity index (χ4v) is 7.14. The number of cyclic esters (lactones) is 2. The Morgan fingerprint density at radius 1 is 1.18 bits per heavy atom. The van der Waals surface area contributed by atoms with Gasteiger partial charge in [-0.15, -0.1) is 0 Å². The third kappa shape index (κ3) is 5.57. The van der Waals surface area contributed by atoms with Gasteiger partial charge in [0, 0.05) is 10.7 Å². The van der Waals surface area contributed by atoms with E-state index in [-0.39, 0.29) is 36.6 Å². The molecule has 1 aliphatic rings. The predicted octanol–water partition coefficient (Wildman–Crippen LogP) is 2.73. The minimum Gasteiger partial charge on any atom is -0.430 e. The lowest BCUT2D eigenvalue weighted by atomic mass is 10.1. The molecule has 0 aliphatic carbocycles. The van der Waals surface area contributed by atoms with Gasteiger partial charge in [-0.05, 0) is 79.4 Å². The Hall–Kier alpha value is -0.460. The van der Waals surface area contributed by atoms with Crippen molar-refractivity contribution in [2.24, 2.45) is 0 Å². The van der Waals surface area contributed by atoms with Gasteiger partial charge in [-0.3, -0.25) is 14.4 Å². The van der Waals surface area contributed by atoms with Gasteiger partial charge in [0.05, 0.1) is 30.5 Å². The maximum Gasteiger partial charge on any atom is 0.508 e. The summed E-state index contributed by atoms with van der Waals surface area (Å²) in [5, 5.41) is 4.51. The van der Waals surface area contributed by atoms with Gasteiger partial charge in [0.2, 0.25) is 5.91 Å². The van der Waals surface area contributed by atoms with E-state index in [9.17, 15) is 19.2 Å². The predicted molar refractivity (Wildman–Crippen MR) is 124 cm³/mol. The molecular weight excluding hydrogens is 736 g/mol. The number of benzene rings is 1. The highest BCUT2D eigenvalue weighted by molar-refractivity contribution is 14.1. The van der Waals surface area contributed by atoms with Crippen molar-refractivity contribution in [2.45, 2.75) is 6.10 Å². The maximum absolute atomic E-state index is 12.8. The molecule has 1 saturated heterocycles. The number of carbonyl (C=O) groups is 4. The van der Waals surface area contributed by atoms with Crippen molar-refractivity contribution in [1.29, 1.82) is 0 Å². The molecule has 1 aromatic carbocycles. The topological polar surface area (TPSA) is 120 Å². The molecule has 1 heterocycles. The van der Waals surface area contributed by atoms with Crippen LogP contribution in [0.5, 0.6) is 0 Å². The number of anilines is 1. The van der Waals surface area contributed by atoms with Crippen molar-refractivity contribution in [2.75, 3.05) is 32.2 Å². The molecule has 1 aromatic rings. The second kappa shape index (κ2) is 10.5. The van der Waals surface area contributed by atoms with Crippen LogP contribution in [0.25, 0.3) is 0 Å². The Labute approximate surface area is 205 Å². The molecule has 13 heteroatoms. The van der Waals surface area contributed by atoms with Crippen molar-refractivity contribution >= 4 is 108 Å². The van der Waals surface area contributed by atoms with Crippen molar-refractivity contribution < 1.29 is 33.4 Å². The number of carbonyl (C=O) groups excluding carboxylic acids is 4. The van der Waals surface area contributed by atoms with Crippen LogP contribution in [0.3, 0.4) is 0 Å². The Balaban J connectivity index is 2.39. The normalized spacial score (nSPS) is 15.6. The highest BCUT2D eigenvalue weighted by atomic mass is 127. The summed E-state index contributed by atoms with van der Waals surface area (Å²) in [5.74, 6) is -0.969. The third-order valence-electron chi connectivity index (χ3n) is 3.42. The largest absolute Gasteiger partial charge is 0.508 e.